The molecule has 0 aliphatic heterocycles. The number of nitrogens with zero attached hydrogens (tertiary/aromatic N) is 1. The average Bonchev–Trinajstić information content (AvgIpc) is 3.20. The van der Waals surface area contributed by atoms with Gasteiger partial charge in [0.2, 0.25) is 0 Å². The Morgan fingerprint density at radius 3 is 1.76 bits per heavy atom. The van der Waals surface area contributed by atoms with E-state index in [1.165, 1.54) is 33.2 Å². The third-order valence-electron chi connectivity index (χ3n) is 7.76. The van der Waals surface area contributed by atoms with Crippen molar-refractivity contribution in [3.8, 4) is 23.5 Å². The highest BCUT2D eigenvalue weighted by Gasteiger charge is 2.46. The molecule has 0 N–H and O–H groups in total. The Bertz CT molecular complexity index is 1260. The summed E-state index contributed by atoms with van der Waals surface area (Å²) in [6, 6.07) is 28.2. The third-order valence-corrected chi connectivity index (χ3v) is 14.5. The van der Waals surface area contributed by atoms with Crippen molar-refractivity contribution in [1.82, 2.24) is 4.23 Å². The van der Waals surface area contributed by atoms with Gasteiger partial charge in [-0.25, -0.2) is 0 Å². The zero-order valence-electron chi connectivity index (χ0n) is 21.4. The fourth-order valence-corrected chi connectivity index (χ4v) is 13.1. The van der Waals surface area contributed by atoms with Crippen LogP contribution in [0.2, 0.25) is 16.6 Å². The first-order valence-electron chi connectivity index (χ1n) is 12.5. The molecule has 3 aromatic carbocycles. The van der Waals surface area contributed by atoms with Crippen molar-refractivity contribution in [3.63, 3.8) is 0 Å². The van der Waals surface area contributed by atoms with Crippen LogP contribution in [0.1, 0.15) is 58.6 Å². The minimum Gasteiger partial charge on any atom is -0.373 e. The predicted octanol–water partition coefficient (Wildman–Crippen LogP) is 9.10. The Morgan fingerprint density at radius 2 is 1.21 bits per heavy atom. The Balaban J connectivity index is 1.87. The van der Waals surface area contributed by atoms with Crippen LogP contribution >= 0.6 is 0 Å². The van der Waals surface area contributed by atoms with Crippen LogP contribution in [-0.4, -0.2) is 12.5 Å². The fourth-order valence-electron chi connectivity index (χ4n) is 6.46. The third kappa shape index (κ3) is 3.93. The second-order valence-corrected chi connectivity index (χ2v) is 16.1. The molecule has 34 heavy (non-hydrogen) atoms. The van der Waals surface area contributed by atoms with Crippen molar-refractivity contribution in [2.24, 2.45) is 0 Å². The highest BCUT2D eigenvalue weighted by atomic mass is 28.3. The van der Waals surface area contributed by atoms with Crippen LogP contribution in [0.15, 0.2) is 85.1 Å². The van der Waals surface area contributed by atoms with Crippen molar-refractivity contribution < 1.29 is 0 Å². The molecule has 0 aliphatic carbocycles. The summed E-state index contributed by atoms with van der Waals surface area (Å²) in [4.78, 5) is 0. The first-order chi connectivity index (χ1) is 16.3. The first-order valence-corrected chi connectivity index (χ1v) is 14.7. The van der Waals surface area contributed by atoms with Gasteiger partial charge >= 0.3 is 0 Å². The molecule has 0 aliphatic rings. The van der Waals surface area contributed by atoms with Crippen molar-refractivity contribution >= 4 is 19.1 Å². The molecule has 0 saturated heterocycles. The van der Waals surface area contributed by atoms with Gasteiger partial charge in [-0.3, -0.25) is 0 Å². The zero-order valence-corrected chi connectivity index (χ0v) is 22.4. The number of terminal acetylenes is 1. The maximum atomic E-state index is 6.23. The maximum Gasteiger partial charge on any atom is 0.169 e. The summed E-state index contributed by atoms with van der Waals surface area (Å²) in [5.74, 6) is 3.07. The molecule has 1 aromatic heterocycles. The van der Waals surface area contributed by atoms with E-state index in [0.29, 0.717) is 16.6 Å². The van der Waals surface area contributed by atoms with Gasteiger partial charge in [0.05, 0.1) is 5.92 Å². The summed E-state index contributed by atoms with van der Waals surface area (Å²) in [5, 5.41) is 1.29. The van der Waals surface area contributed by atoms with Gasteiger partial charge in [-0.05, 0) is 44.9 Å². The van der Waals surface area contributed by atoms with Crippen LogP contribution in [-0.2, 0) is 0 Å². The highest BCUT2D eigenvalue weighted by molar-refractivity contribution is 6.82. The minimum atomic E-state index is -1.91. The molecule has 2 heteroatoms. The molecular formula is C32H37NSi. The topological polar surface area (TPSA) is 4.93 Å². The Kier molecular flexibility index (Phi) is 6.87. The number of aromatic nitrogens is 1. The van der Waals surface area contributed by atoms with Crippen LogP contribution in [0.25, 0.3) is 22.0 Å². The lowest BCUT2D eigenvalue weighted by molar-refractivity contribution is 0.771. The van der Waals surface area contributed by atoms with Crippen LogP contribution in [0.3, 0.4) is 0 Å². The lowest BCUT2D eigenvalue weighted by Gasteiger charge is -2.44. The monoisotopic (exact) mass is 463 g/mol. The zero-order chi connectivity index (χ0) is 24.5. The van der Waals surface area contributed by atoms with Gasteiger partial charge in [0, 0.05) is 17.1 Å². The van der Waals surface area contributed by atoms with E-state index >= 15 is 0 Å². The van der Waals surface area contributed by atoms with Crippen molar-refractivity contribution in [2.75, 3.05) is 0 Å². The number of rotatable bonds is 7. The van der Waals surface area contributed by atoms with Crippen LogP contribution in [0.5, 0.6) is 0 Å². The molecule has 0 fully saturated rings. The molecule has 0 amide bonds. The van der Waals surface area contributed by atoms with Crippen LogP contribution < -0.4 is 0 Å². The van der Waals surface area contributed by atoms with Gasteiger partial charge < -0.3 is 4.23 Å². The van der Waals surface area contributed by atoms with E-state index in [1.54, 1.807) is 0 Å². The van der Waals surface area contributed by atoms with E-state index in [0.717, 1.165) is 0 Å². The Morgan fingerprint density at radius 1 is 0.676 bits per heavy atom. The van der Waals surface area contributed by atoms with E-state index in [2.05, 4.69) is 137 Å². The predicted molar refractivity (Wildman–Crippen MR) is 151 cm³/mol. The normalized spacial score (nSPS) is 13.1. The summed E-state index contributed by atoms with van der Waals surface area (Å²) in [7, 11) is -1.91. The SMILES string of the molecule is C#C[C@H](c1ccc(-c2ccccc2)cc1)c1cn([Si](C(C)C)(C(C)C)C(C)C)c2ccccc12. The standard InChI is InChI=1S/C32H37NSi/c1-8-29(28-20-18-27(19-21-28)26-14-10-9-11-15-26)31-22-33(32-17-13-12-16-30(31)32)34(23(2)3,24(4)5)25(6)7/h1,9-25,29H,2-7H3/t29-/m1/s1. The minimum absolute atomic E-state index is 0.0749. The Labute approximate surface area is 206 Å². The largest absolute Gasteiger partial charge is 0.373 e. The van der Waals surface area contributed by atoms with Gasteiger partial charge in [0.1, 0.15) is 0 Å². The summed E-state index contributed by atoms with van der Waals surface area (Å²) < 4.78 is 2.69. The van der Waals surface area contributed by atoms with Crippen LogP contribution in [0.4, 0.5) is 0 Å². The molecule has 0 spiro atoms. The van der Waals surface area contributed by atoms with Gasteiger partial charge in [0.15, 0.2) is 8.24 Å². The molecule has 0 unspecified atom stereocenters. The Hall–Kier alpha value is -3.02. The molecule has 174 valence electrons. The van der Waals surface area contributed by atoms with E-state index < -0.39 is 8.24 Å². The number of hydrogen-bond acceptors (Lipinski definition) is 0. The number of hydrogen-bond donors (Lipinski definition) is 0. The smallest absolute Gasteiger partial charge is 0.169 e. The molecule has 0 saturated carbocycles. The number of fused-ring (bicyclic) bond motifs is 1. The van der Waals surface area contributed by atoms with Crippen LogP contribution in [0, 0.1) is 12.3 Å². The molecule has 1 nitrogen and oxygen atoms in total. The van der Waals surface area contributed by atoms with Gasteiger partial charge in [-0.2, -0.15) is 0 Å². The molecule has 1 atom stereocenters. The molecule has 4 rings (SSSR count). The maximum absolute atomic E-state index is 6.23. The fraction of sp³-hybridized carbons (Fsp3) is 0.312. The second kappa shape index (κ2) is 9.69. The van der Waals surface area contributed by atoms with Crippen molar-refractivity contribution in [1.29, 1.82) is 0 Å². The van der Waals surface area contributed by atoms with Crippen molar-refractivity contribution in [2.45, 2.75) is 64.1 Å². The molecule has 1 heterocycles. The summed E-state index contributed by atoms with van der Waals surface area (Å²) >= 11 is 0. The van der Waals surface area contributed by atoms with Gasteiger partial charge in [-0.15, -0.1) is 6.42 Å². The number of benzene rings is 3. The lowest BCUT2D eigenvalue weighted by atomic mass is 9.90. The summed E-state index contributed by atoms with van der Waals surface area (Å²) in [5.41, 5.74) is 8.06. The van der Waals surface area contributed by atoms with E-state index in [9.17, 15) is 0 Å². The lowest BCUT2D eigenvalue weighted by Crippen LogP contribution is -2.51. The quantitative estimate of drug-likeness (QED) is 0.190. The van der Waals surface area contributed by atoms with E-state index in [-0.39, 0.29) is 5.92 Å². The van der Waals surface area contributed by atoms with Crippen molar-refractivity contribution in [3.05, 3.63) is 96.2 Å². The molecular weight excluding hydrogens is 426 g/mol. The summed E-state index contributed by atoms with van der Waals surface area (Å²) in [6.07, 6.45) is 8.65. The average molecular weight is 464 g/mol. The second-order valence-electron chi connectivity index (χ2n) is 10.4. The van der Waals surface area contributed by atoms with Gasteiger partial charge in [-0.1, -0.05) is 120 Å². The van der Waals surface area contributed by atoms with E-state index in [1.807, 2.05) is 0 Å². The number of para-hydroxylation sites is 1. The molecule has 0 radical (unpaired) electrons. The first kappa shape index (κ1) is 24.1. The molecule has 0 bridgehead atoms. The highest BCUT2D eigenvalue weighted by Crippen LogP contribution is 2.46. The summed E-state index contributed by atoms with van der Waals surface area (Å²) in [6.45, 7) is 14.5. The van der Waals surface area contributed by atoms with Gasteiger partial charge in [0.25, 0.3) is 0 Å². The molecule has 4 aromatic rings. The van der Waals surface area contributed by atoms with E-state index in [4.69, 9.17) is 6.42 Å².